The first-order valence-corrected chi connectivity index (χ1v) is 22.0. The van der Waals surface area contributed by atoms with E-state index >= 15 is 0 Å². The number of carbonyl (C=O) groups is 2. The molecular weight excluding hydrogens is 893 g/mol. The molecule has 15 nitrogen and oxygen atoms in total. The number of aromatic nitrogens is 4. The number of phenols is 2. The Morgan fingerprint density at radius 2 is 0.800 bits per heavy atom. The fourth-order valence-electron chi connectivity index (χ4n) is 7.94. The van der Waals surface area contributed by atoms with Gasteiger partial charge in [-0.05, 0) is 146 Å². The molecule has 0 saturated heterocycles. The van der Waals surface area contributed by atoms with E-state index in [9.17, 15) is 19.8 Å². The Kier molecular flexibility index (Phi) is 15.1. The Morgan fingerprint density at radius 1 is 0.457 bits per heavy atom. The molecule has 0 aliphatic heterocycles. The van der Waals surface area contributed by atoms with Crippen molar-refractivity contribution in [1.29, 1.82) is 0 Å². The van der Waals surface area contributed by atoms with E-state index in [-0.39, 0.29) is 35.3 Å². The highest BCUT2D eigenvalue weighted by molar-refractivity contribution is 5.95. The van der Waals surface area contributed by atoms with Gasteiger partial charge in [0.2, 0.25) is 11.7 Å². The largest absolute Gasteiger partial charge is 0.507 e. The highest BCUT2D eigenvalue weighted by Gasteiger charge is 2.28. The van der Waals surface area contributed by atoms with Crippen LogP contribution in [0.4, 0.5) is 4.79 Å². The van der Waals surface area contributed by atoms with Crippen LogP contribution in [0.25, 0.3) is 67.8 Å². The van der Waals surface area contributed by atoms with Gasteiger partial charge in [-0.1, -0.05) is 6.92 Å². The van der Waals surface area contributed by atoms with E-state index in [4.69, 9.17) is 43.1 Å². The van der Waals surface area contributed by atoms with Crippen molar-refractivity contribution in [2.75, 3.05) is 49.8 Å². The summed E-state index contributed by atoms with van der Waals surface area (Å²) in [5.74, 6) is 3.99. The molecule has 0 atom stereocenters. The van der Waals surface area contributed by atoms with Crippen LogP contribution in [0, 0.1) is 13.8 Å². The van der Waals surface area contributed by atoms with Gasteiger partial charge in [0.05, 0.1) is 72.5 Å². The van der Waals surface area contributed by atoms with Gasteiger partial charge >= 0.3 is 6.09 Å². The fourth-order valence-corrected chi connectivity index (χ4v) is 7.94. The number of carbonyl (C=O) groups excluding carboxylic acids is 2. The minimum atomic E-state index is -0.573. The fraction of sp³-hybridized carbons (Fsp3) is 0.200. The molecule has 0 spiro atoms. The molecule has 8 aromatic rings. The number of aromatic hydroxyl groups is 2. The third-order valence-electron chi connectivity index (χ3n) is 11.6. The molecule has 6 aromatic carbocycles. The van der Waals surface area contributed by atoms with Gasteiger partial charge in [0, 0.05) is 39.8 Å². The van der Waals surface area contributed by atoms with Crippen LogP contribution in [0.3, 0.4) is 0 Å². The van der Waals surface area contributed by atoms with E-state index < -0.39 is 6.09 Å². The number of hydrogen-bond acceptors (Lipinski definition) is 13. The lowest BCUT2D eigenvalue weighted by molar-refractivity contribution is 0.0912. The van der Waals surface area contributed by atoms with Crippen molar-refractivity contribution in [3.8, 4) is 114 Å². The Balaban J connectivity index is 0.000000207. The molecule has 8 rings (SSSR count). The smallest absolute Gasteiger partial charge is 0.420 e. The van der Waals surface area contributed by atoms with E-state index in [0.717, 1.165) is 22.3 Å². The van der Waals surface area contributed by atoms with Crippen LogP contribution >= 0.6 is 0 Å². The van der Waals surface area contributed by atoms with Crippen LogP contribution in [-0.4, -0.2) is 91.1 Å². The summed E-state index contributed by atoms with van der Waals surface area (Å²) in [5, 5.41) is 20.7. The van der Waals surface area contributed by atoms with Crippen molar-refractivity contribution in [3.63, 3.8) is 0 Å². The van der Waals surface area contributed by atoms with E-state index in [1.165, 1.54) is 25.9 Å². The van der Waals surface area contributed by atoms with Crippen molar-refractivity contribution in [1.82, 2.24) is 19.1 Å². The summed E-state index contributed by atoms with van der Waals surface area (Å²) < 4.78 is 40.2. The van der Waals surface area contributed by atoms with Gasteiger partial charge in [0.25, 0.3) is 0 Å². The molecule has 0 amide bonds. The molecule has 2 aromatic heterocycles. The number of ether oxygens (including phenoxy) is 7. The lowest BCUT2D eigenvalue weighted by Gasteiger charge is -2.14. The van der Waals surface area contributed by atoms with E-state index in [1.807, 2.05) is 111 Å². The molecule has 0 saturated carbocycles. The molecule has 2 heterocycles. The number of benzene rings is 6. The molecule has 0 fully saturated rings. The zero-order valence-corrected chi connectivity index (χ0v) is 40.6. The molecule has 2 N–H and O–H groups in total. The summed E-state index contributed by atoms with van der Waals surface area (Å²) in [6.07, 6.45) is -0.322. The van der Waals surface area contributed by atoms with Gasteiger partial charge in [-0.15, -0.1) is 0 Å². The third kappa shape index (κ3) is 9.81. The quantitative estimate of drug-likeness (QED) is 0.112. The molecule has 0 aliphatic rings. The minimum absolute atomic E-state index is 0.130. The van der Waals surface area contributed by atoms with Crippen molar-refractivity contribution in [2.45, 2.75) is 27.2 Å². The lowest BCUT2D eigenvalue weighted by Crippen LogP contribution is -2.14. The molecule has 0 unspecified atom stereocenters. The van der Waals surface area contributed by atoms with Gasteiger partial charge in [0.15, 0.2) is 17.3 Å². The Hall–Kier alpha value is -8.72. The molecule has 15 heteroatoms. The number of aryl methyl sites for hydroxylation is 2. The van der Waals surface area contributed by atoms with Crippen LogP contribution in [0.15, 0.2) is 121 Å². The van der Waals surface area contributed by atoms with Crippen LogP contribution in [0.2, 0.25) is 0 Å². The SMILES string of the molecule is CCC(=O)n1c(-c2cc(OC)c(O)c(OC)c2)nc(-c2ccc(OC)cc2)c1-c1ccc(OC)cc1.COC(=O)n1c(-c2cc(C)c(O)c(C)c2)nc(-c2ccc(OC)cc2)c1-c1ccc(OC)cc1. The van der Waals surface area contributed by atoms with Gasteiger partial charge in [0.1, 0.15) is 34.6 Å². The van der Waals surface area contributed by atoms with Gasteiger partial charge < -0.3 is 43.4 Å². The Bertz CT molecular complexity index is 3090. The highest BCUT2D eigenvalue weighted by Crippen LogP contribution is 2.44. The first kappa shape index (κ1) is 49.2. The average Bonchev–Trinajstić information content (AvgIpc) is 4.01. The predicted octanol–water partition coefficient (Wildman–Crippen LogP) is 11.5. The molecular formula is C55H54N4O11. The summed E-state index contributed by atoms with van der Waals surface area (Å²) in [6, 6.07) is 36.7. The highest BCUT2D eigenvalue weighted by atomic mass is 16.5. The van der Waals surface area contributed by atoms with Crippen molar-refractivity contribution >= 4 is 12.0 Å². The lowest BCUT2D eigenvalue weighted by atomic mass is 10.0. The maximum atomic E-state index is 13.4. The number of imidazole rings is 2. The second-order valence-corrected chi connectivity index (χ2v) is 15.8. The maximum absolute atomic E-state index is 13.4. The maximum Gasteiger partial charge on any atom is 0.420 e. The van der Waals surface area contributed by atoms with E-state index in [0.29, 0.717) is 79.7 Å². The Morgan fingerprint density at radius 3 is 1.14 bits per heavy atom. The normalized spacial score (nSPS) is 10.7. The van der Waals surface area contributed by atoms with Crippen LogP contribution < -0.4 is 28.4 Å². The Labute approximate surface area is 406 Å². The van der Waals surface area contributed by atoms with Gasteiger partial charge in [-0.3, -0.25) is 9.36 Å². The van der Waals surface area contributed by atoms with Gasteiger partial charge in [-0.25, -0.2) is 19.3 Å². The van der Waals surface area contributed by atoms with E-state index in [2.05, 4.69) is 0 Å². The molecule has 0 bridgehead atoms. The van der Waals surface area contributed by atoms with Crippen molar-refractivity contribution in [2.24, 2.45) is 0 Å². The van der Waals surface area contributed by atoms with Gasteiger partial charge in [-0.2, -0.15) is 0 Å². The molecule has 0 aliphatic carbocycles. The molecule has 360 valence electrons. The first-order chi connectivity index (χ1) is 33.8. The topological polar surface area (TPSA) is 175 Å². The second kappa shape index (κ2) is 21.5. The predicted molar refractivity (Wildman–Crippen MR) is 268 cm³/mol. The zero-order chi connectivity index (χ0) is 50.2. The van der Waals surface area contributed by atoms with Crippen LogP contribution in [-0.2, 0) is 4.74 Å². The third-order valence-corrected chi connectivity index (χ3v) is 11.6. The number of methoxy groups -OCH3 is 7. The number of rotatable bonds is 13. The molecule has 70 heavy (non-hydrogen) atoms. The minimum Gasteiger partial charge on any atom is -0.507 e. The van der Waals surface area contributed by atoms with Crippen LogP contribution in [0.1, 0.15) is 29.3 Å². The number of phenolic OH excluding ortho intramolecular Hbond substituents is 2. The molecule has 0 radical (unpaired) electrons. The van der Waals surface area contributed by atoms with Crippen molar-refractivity contribution < 1.29 is 53.0 Å². The van der Waals surface area contributed by atoms with Crippen LogP contribution in [0.5, 0.6) is 46.0 Å². The average molecular weight is 947 g/mol. The standard InChI is InChI=1S/C28H28N2O6.C27H26N2O5/c1-6-24(31)30-26(18-9-13-21(34-3)14-10-18)25(17-7-11-20(33-2)12-8-17)29-28(30)19-15-22(35-4)27(32)23(16-19)36-5;1-16-14-20(15-17(2)25(16)30)26-28-23(18-6-10-21(32-3)11-7-18)24(29(26)27(31)34-5)19-8-12-22(33-4)13-9-19/h7-16,32H,6H2,1-5H3;6-15,30H,1-5H3. The monoisotopic (exact) mass is 946 g/mol. The van der Waals surface area contributed by atoms with Crippen molar-refractivity contribution in [3.05, 3.63) is 132 Å². The second-order valence-electron chi connectivity index (χ2n) is 15.8. The summed E-state index contributed by atoms with van der Waals surface area (Å²) in [5.41, 5.74) is 8.23. The zero-order valence-electron chi connectivity index (χ0n) is 40.6. The number of hydrogen-bond donors (Lipinski definition) is 2. The summed E-state index contributed by atoms with van der Waals surface area (Å²) >= 11 is 0. The number of nitrogens with zero attached hydrogens (tertiary/aromatic N) is 4. The summed E-state index contributed by atoms with van der Waals surface area (Å²) in [7, 11) is 10.7. The van der Waals surface area contributed by atoms with E-state index in [1.54, 1.807) is 64.2 Å². The first-order valence-electron chi connectivity index (χ1n) is 22.0. The summed E-state index contributed by atoms with van der Waals surface area (Å²) in [6.45, 7) is 5.42. The summed E-state index contributed by atoms with van der Waals surface area (Å²) in [4.78, 5) is 36.4.